The number of benzene rings is 1. The van der Waals surface area contributed by atoms with Gasteiger partial charge in [0, 0.05) is 17.1 Å². The third kappa shape index (κ3) is 1.04. The summed E-state index contributed by atoms with van der Waals surface area (Å²) in [5.74, 6) is 2.58. The second kappa shape index (κ2) is 2.67. The molecule has 12 heavy (non-hydrogen) atoms. The van der Waals surface area contributed by atoms with Crippen molar-refractivity contribution in [2.24, 2.45) is 0 Å². The number of hydrogen-bond acceptors (Lipinski definition) is 1. The molecule has 0 saturated carbocycles. The van der Waals surface area contributed by atoms with Crippen LogP contribution >= 0.6 is 0 Å². The zero-order valence-electron chi connectivity index (χ0n) is 6.41. The van der Waals surface area contributed by atoms with E-state index in [9.17, 15) is 0 Å². The number of rotatable bonds is 0. The van der Waals surface area contributed by atoms with Crippen molar-refractivity contribution in [2.75, 3.05) is 0 Å². The maximum absolute atomic E-state index is 5.26. The van der Waals surface area contributed by atoms with Crippen molar-refractivity contribution in [3.05, 3.63) is 42.2 Å². The molecular weight excluding hydrogens is 146 g/mol. The van der Waals surface area contributed by atoms with Gasteiger partial charge >= 0.3 is 0 Å². The van der Waals surface area contributed by atoms with Crippen molar-refractivity contribution < 1.29 is 0 Å². The van der Waals surface area contributed by atoms with Gasteiger partial charge in [-0.2, -0.15) is 0 Å². The van der Waals surface area contributed by atoms with Gasteiger partial charge in [-0.25, -0.2) is 0 Å². The van der Waals surface area contributed by atoms with E-state index in [1.54, 1.807) is 6.20 Å². The normalized spacial score (nSPS) is 9.58. The Morgan fingerprint density at radius 3 is 3.08 bits per heavy atom. The van der Waals surface area contributed by atoms with Crippen molar-refractivity contribution in [3.63, 3.8) is 0 Å². The molecule has 1 aromatic heterocycles. The highest BCUT2D eigenvalue weighted by molar-refractivity contribution is 5.82. The van der Waals surface area contributed by atoms with E-state index in [0.29, 0.717) is 0 Å². The molecule has 1 radical (unpaired) electrons. The second-order valence-electron chi connectivity index (χ2n) is 2.52. The summed E-state index contributed by atoms with van der Waals surface area (Å²) in [5, 5.41) is 2.17. The molecule has 0 aliphatic heterocycles. The lowest BCUT2D eigenvalue weighted by Gasteiger charge is -1.95. The average molecular weight is 152 g/mol. The molecule has 2 rings (SSSR count). The van der Waals surface area contributed by atoms with Crippen molar-refractivity contribution in [1.82, 2.24) is 4.98 Å². The van der Waals surface area contributed by atoms with Gasteiger partial charge in [-0.3, -0.25) is 4.98 Å². The zero-order chi connectivity index (χ0) is 8.39. The molecule has 0 spiro atoms. The first-order chi connectivity index (χ1) is 5.90. The molecule has 1 nitrogen and oxygen atoms in total. The SMILES string of the molecule is C#Cc1ccc2c[c]ncc2c1. The molecule has 55 valence electrons. The first-order valence-electron chi connectivity index (χ1n) is 3.62. The number of fused-ring (bicyclic) bond motifs is 1. The van der Waals surface area contributed by atoms with Crippen LogP contribution in [0.2, 0.25) is 0 Å². The zero-order valence-corrected chi connectivity index (χ0v) is 6.41. The summed E-state index contributed by atoms with van der Waals surface area (Å²) >= 11 is 0. The molecule has 0 aliphatic carbocycles. The second-order valence-corrected chi connectivity index (χ2v) is 2.52. The van der Waals surface area contributed by atoms with E-state index in [4.69, 9.17) is 6.42 Å². The van der Waals surface area contributed by atoms with Gasteiger partial charge in [0.15, 0.2) is 0 Å². The van der Waals surface area contributed by atoms with E-state index < -0.39 is 0 Å². The molecule has 2 aromatic rings. The Hall–Kier alpha value is -1.81. The van der Waals surface area contributed by atoms with Gasteiger partial charge in [-0.15, -0.1) is 6.42 Å². The smallest absolute Gasteiger partial charge is 0.0892 e. The molecule has 1 heterocycles. The minimum atomic E-state index is 0.885. The third-order valence-corrected chi connectivity index (χ3v) is 1.75. The fourth-order valence-electron chi connectivity index (χ4n) is 1.12. The fourth-order valence-corrected chi connectivity index (χ4v) is 1.12. The Balaban J connectivity index is 2.78. The highest BCUT2D eigenvalue weighted by atomic mass is 14.6. The molecule has 0 atom stereocenters. The van der Waals surface area contributed by atoms with Gasteiger partial charge in [0.25, 0.3) is 0 Å². The van der Waals surface area contributed by atoms with Crippen LogP contribution in [-0.4, -0.2) is 4.98 Å². The van der Waals surface area contributed by atoms with Crippen molar-refractivity contribution in [1.29, 1.82) is 0 Å². The molecule has 0 bridgehead atoms. The Bertz CT molecular complexity index is 452. The number of aromatic nitrogens is 1. The Kier molecular flexibility index (Phi) is 1.53. The molecule has 0 N–H and O–H groups in total. The largest absolute Gasteiger partial charge is 0.254 e. The Labute approximate surface area is 71.1 Å². The molecule has 0 fully saturated rings. The standard InChI is InChI=1S/C11H6N/c1-2-9-3-4-10-5-6-12-8-11(10)7-9/h1,3-5,7-8H. The van der Waals surface area contributed by atoms with Crippen LogP contribution in [0, 0.1) is 18.5 Å². The molecule has 0 aliphatic rings. The third-order valence-electron chi connectivity index (χ3n) is 1.75. The molecular formula is C11H6N. The first-order valence-corrected chi connectivity index (χ1v) is 3.62. The van der Waals surface area contributed by atoms with Crippen LogP contribution in [-0.2, 0) is 0 Å². The van der Waals surface area contributed by atoms with E-state index >= 15 is 0 Å². The van der Waals surface area contributed by atoms with Crippen LogP contribution in [0.1, 0.15) is 5.56 Å². The Morgan fingerprint density at radius 2 is 2.25 bits per heavy atom. The summed E-state index contributed by atoms with van der Waals surface area (Å²) < 4.78 is 0. The maximum Gasteiger partial charge on any atom is 0.0892 e. The lowest BCUT2D eigenvalue weighted by Crippen LogP contribution is -1.77. The first kappa shape index (κ1) is 6.87. The maximum atomic E-state index is 5.26. The summed E-state index contributed by atoms with van der Waals surface area (Å²) in [6.07, 6.45) is 9.79. The van der Waals surface area contributed by atoms with Crippen LogP contribution in [0.25, 0.3) is 10.8 Å². The molecule has 0 saturated heterocycles. The van der Waals surface area contributed by atoms with E-state index in [1.807, 2.05) is 24.3 Å². The van der Waals surface area contributed by atoms with Crippen molar-refractivity contribution in [3.8, 4) is 12.3 Å². The summed E-state index contributed by atoms with van der Waals surface area (Å²) in [6, 6.07) is 7.67. The van der Waals surface area contributed by atoms with Crippen molar-refractivity contribution in [2.45, 2.75) is 0 Å². The van der Waals surface area contributed by atoms with Gasteiger partial charge in [0.2, 0.25) is 0 Å². The molecule has 0 amide bonds. The number of terminal acetylenes is 1. The van der Waals surface area contributed by atoms with Crippen molar-refractivity contribution >= 4 is 10.8 Å². The lowest BCUT2D eigenvalue weighted by atomic mass is 10.1. The number of nitrogens with zero attached hydrogens (tertiary/aromatic N) is 1. The van der Waals surface area contributed by atoms with Crippen LogP contribution in [0.4, 0.5) is 0 Å². The van der Waals surface area contributed by atoms with E-state index in [2.05, 4.69) is 17.1 Å². The van der Waals surface area contributed by atoms with Gasteiger partial charge in [0.1, 0.15) is 0 Å². The summed E-state index contributed by atoms with van der Waals surface area (Å²) in [5.41, 5.74) is 0.885. The van der Waals surface area contributed by atoms with Gasteiger partial charge < -0.3 is 0 Å². The topological polar surface area (TPSA) is 12.9 Å². The highest BCUT2D eigenvalue weighted by Gasteiger charge is 1.92. The molecule has 1 heteroatoms. The fraction of sp³-hybridized carbons (Fsp3) is 0. The lowest BCUT2D eigenvalue weighted by molar-refractivity contribution is 1.35. The van der Waals surface area contributed by atoms with Crippen LogP contribution in [0.15, 0.2) is 30.5 Å². The highest BCUT2D eigenvalue weighted by Crippen LogP contribution is 2.12. The summed E-state index contributed by atoms with van der Waals surface area (Å²) in [6.45, 7) is 0. The van der Waals surface area contributed by atoms with Crippen LogP contribution in [0.5, 0.6) is 0 Å². The van der Waals surface area contributed by atoms with E-state index in [0.717, 1.165) is 16.3 Å². The number of hydrogen-bond donors (Lipinski definition) is 0. The van der Waals surface area contributed by atoms with Gasteiger partial charge in [-0.1, -0.05) is 12.0 Å². The van der Waals surface area contributed by atoms with Gasteiger partial charge in [0.05, 0.1) is 6.20 Å². The predicted octanol–water partition coefficient (Wildman–Crippen LogP) is 2.02. The predicted molar refractivity (Wildman–Crippen MR) is 48.5 cm³/mol. The van der Waals surface area contributed by atoms with E-state index in [1.165, 1.54) is 0 Å². The minimum Gasteiger partial charge on any atom is -0.254 e. The minimum absolute atomic E-state index is 0.885. The van der Waals surface area contributed by atoms with Gasteiger partial charge in [-0.05, 0) is 23.6 Å². The summed E-state index contributed by atoms with van der Waals surface area (Å²) in [7, 11) is 0. The average Bonchev–Trinajstić information content (AvgIpc) is 2.17. The summed E-state index contributed by atoms with van der Waals surface area (Å²) in [4.78, 5) is 3.89. The monoisotopic (exact) mass is 152 g/mol. The molecule has 0 unspecified atom stereocenters. The van der Waals surface area contributed by atoms with Crippen LogP contribution < -0.4 is 0 Å². The van der Waals surface area contributed by atoms with E-state index in [-0.39, 0.29) is 0 Å². The van der Waals surface area contributed by atoms with Crippen LogP contribution in [0.3, 0.4) is 0 Å². The number of pyridine rings is 1. The molecule has 1 aromatic carbocycles. The Morgan fingerprint density at radius 1 is 1.33 bits per heavy atom. The quantitative estimate of drug-likeness (QED) is 0.526.